The molecule has 6 heteroatoms. The fraction of sp³-hybridized carbons (Fsp3) is 0.176. The molecule has 1 aromatic rings. The minimum absolute atomic E-state index is 0.196. The molecule has 114 valence electrons. The van der Waals surface area contributed by atoms with Gasteiger partial charge in [0.15, 0.2) is 0 Å². The molecule has 2 unspecified atom stereocenters. The van der Waals surface area contributed by atoms with Crippen LogP contribution in [0.3, 0.4) is 0 Å². The first-order chi connectivity index (χ1) is 11.0. The number of benzene rings is 1. The average molecular weight is 310 g/mol. The summed E-state index contributed by atoms with van der Waals surface area (Å²) in [5, 5.41) is 0. The number of hydrogen-bond acceptors (Lipinski definition) is 6. The molecular formula is C17H10O6. The van der Waals surface area contributed by atoms with Crippen LogP contribution in [0.1, 0.15) is 38.6 Å². The van der Waals surface area contributed by atoms with Crippen LogP contribution in [0.25, 0.3) is 0 Å². The van der Waals surface area contributed by atoms with E-state index in [2.05, 4.69) is 9.47 Å². The van der Waals surface area contributed by atoms with Crippen LogP contribution >= 0.6 is 0 Å². The minimum Gasteiger partial charge on any atom is -0.389 e. The van der Waals surface area contributed by atoms with Crippen molar-refractivity contribution in [2.24, 2.45) is 5.92 Å². The Morgan fingerprint density at radius 2 is 1.70 bits per heavy atom. The van der Waals surface area contributed by atoms with Crippen LogP contribution in [0.4, 0.5) is 0 Å². The maximum Gasteiger partial charge on any atom is 0.346 e. The number of cyclic esters (lactones) is 4. The summed E-state index contributed by atoms with van der Waals surface area (Å²) in [7, 11) is 0. The Bertz CT molecular complexity index is 845. The van der Waals surface area contributed by atoms with Crippen molar-refractivity contribution in [3.63, 3.8) is 0 Å². The van der Waals surface area contributed by atoms with E-state index in [4.69, 9.17) is 0 Å². The second kappa shape index (κ2) is 4.74. The van der Waals surface area contributed by atoms with Gasteiger partial charge in [0.25, 0.3) is 0 Å². The molecule has 0 radical (unpaired) electrons. The van der Waals surface area contributed by atoms with Crippen molar-refractivity contribution in [3.8, 4) is 0 Å². The molecule has 0 spiro atoms. The zero-order valence-electron chi connectivity index (χ0n) is 11.8. The second-order valence-corrected chi connectivity index (χ2v) is 5.56. The van der Waals surface area contributed by atoms with E-state index in [1.807, 2.05) is 6.08 Å². The van der Waals surface area contributed by atoms with E-state index in [-0.39, 0.29) is 17.0 Å². The number of rotatable bonds is 1. The van der Waals surface area contributed by atoms with E-state index in [1.165, 1.54) is 0 Å². The van der Waals surface area contributed by atoms with E-state index in [0.717, 1.165) is 5.56 Å². The first-order valence-corrected chi connectivity index (χ1v) is 7.09. The summed E-state index contributed by atoms with van der Waals surface area (Å²) in [6, 6.07) is 4.86. The number of carbonyl (C=O) groups excluding carboxylic acids is 4. The number of ether oxygens (including phenoxy) is 2. The first kappa shape index (κ1) is 13.6. The number of allylic oxidation sites excluding steroid dienone is 2. The van der Waals surface area contributed by atoms with Gasteiger partial charge >= 0.3 is 23.9 Å². The fourth-order valence-corrected chi connectivity index (χ4v) is 3.03. The van der Waals surface area contributed by atoms with Crippen molar-refractivity contribution >= 4 is 23.9 Å². The van der Waals surface area contributed by atoms with Gasteiger partial charge in [-0.1, -0.05) is 24.3 Å². The van der Waals surface area contributed by atoms with Gasteiger partial charge < -0.3 is 9.47 Å². The van der Waals surface area contributed by atoms with Crippen molar-refractivity contribution in [1.29, 1.82) is 0 Å². The van der Waals surface area contributed by atoms with Gasteiger partial charge in [-0.25, -0.2) is 14.4 Å². The summed E-state index contributed by atoms with van der Waals surface area (Å²) in [6.07, 6.45) is 5.74. The standard InChI is InChI=1S/C17H10O6/c18-14-10-3-1-2-8(6-12(10)16(20)22-14)9-4-5-11-13(7-9)17(21)23-15(11)19/h1,3-8,10H,2H2. The molecule has 1 saturated heterocycles. The van der Waals surface area contributed by atoms with Gasteiger partial charge in [-0.05, 0) is 24.1 Å². The third-order valence-electron chi connectivity index (χ3n) is 4.21. The van der Waals surface area contributed by atoms with Gasteiger partial charge in [0.2, 0.25) is 0 Å². The topological polar surface area (TPSA) is 86.7 Å². The predicted molar refractivity (Wildman–Crippen MR) is 75.4 cm³/mol. The summed E-state index contributed by atoms with van der Waals surface area (Å²) in [6.45, 7) is 0. The Balaban J connectivity index is 1.76. The predicted octanol–water partition coefficient (Wildman–Crippen LogP) is 1.67. The quantitative estimate of drug-likeness (QED) is 0.445. The Kier molecular flexibility index (Phi) is 2.81. The Morgan fingerprint density at radius 3 is 2.52 bits per heavy atom. The third-order valence-corrected chi connectivity index (χ3v) is 4.21. The molecule has 0 amide bonds. The summed E-state index contributed by atoms with van der Waals surface area (Å²) >= 11 is 0. The van der Waals surface area contributed by atoms with Crippen molar-refractivity contribution < 1.29 is 28.7 Å². The molecule has 6 nitrogen and oxygen atoms in total. The van der Waals surface area contributed by atoms with Crippen LogP contribution in [0.15, 0.2) is 42.0 Å². The molecule has 3 aliphatic rings. The fourth-order valence-electron chi connectivity index (χ4n) is 3.03. The van der Waals surface area contributed by atoms with Crippen LogP contribution in [-0.2, 0) is 19.1 Å². The Labute approximate surface area is 130 Å². The maximum absolute atomic E-state index is 11.8. The number of esters is 4. The number of fused-ring (bicyclic) bond motifs is 2. The molecule has 4 rings (SSSR count). The Morgan fingerprint density at radius 1 is 0.913 bits per heavy atom. The first-order valence-electron chi connectivity index (χ1n) is 7.09. The lowest BCUT2D eigenvalue weighted by Crippen LogP contribution is -2.05. The molecule has 1 aliphatic carbocycles. The minimum atomic E-state index is -0.669. The van der Waals surface area contributed by atoms with Crippen LogP contribution in [0.5, 0.6) is 0 Å². The van der Waals surface area contributed by atoms with Crippen molar-refractivity contribution in [1.82, 2.24) is 0 Å². The molecule has 1 aromatic carbocycles. The van der Waals surface area contributed by atoms with Crippen molar-refractivity contribution in [2.75, 3.05) is 0 Å². The van der Waals surface area contributed by atoms with Gasteiger partial charge in [0, 0.05) is 5.92 Å². The smallest absolute Gasteiger partial charge is 0.346 e. The van der Waals surface area contributed by atoms with Gasteiger partial charge in [-0.2, -0.15) is 0 Å². The summed E-state index contributed by atoms with van der Waals surface area (Å²) < 4.78 is 9.21. The zero-order valence-corrected chi connectivity index (χ0v) is 11.8. The van der Waals surface area contributed by atoms with E-state index in [9.17, 15) is 19.2 Å². The van der Waals surface area contributed by atoms with Crippen LogP contribution in [-0.4, -0.2) is 23.9 Å². The SMILES string of the molecule is O=C1OC(=O)C2C=CCC(c3ccc4c(c3)C(=O)OC4=O)C=C12. The highest BCUT2D eigenvalue weighted by Crippen LogP contribution is 2.35. The molecule has 0 saturated carbocycles. The van der Waals surface area contributed by atoms with Crippen molar-refractivity contribution in [2.45, 2.75) is 12.3 Å². The highest BCUT2D eigenvalue weighted by molar-refractivity contribution is 6.14. The molecule has 2 aliphatic heterocycles. The summed E-state index contributed by atoms with van der Waals surface area (Å²) in [4.78, 5) is 46.5. The number of hydrogen-bond donors (Lipinski definition) is 0. The average Bonchev–Trinajstić information content (AvgIpc) is 2.85. The molecule has 0 bridgehead atoms. The highest BCUT2D eigenvalue weighted by atomic mass is 16.6. The largest absolute Gasteiger partial charge is 0.389 e. The van der Waals surface area contributed by atoms with E-state index in [1.54, 1.807) is 30.4 Å². The molecular weight excluding hydrogens is 300 g/mol. The summed E-state index contributed by atoms with van der Waals surface area (Å²) in [5.74, 6) is -3.38. The van der Waals surface area contributed by atoms with Gasteiger partial charge in [-0.3, -0.25) is 4.79 Å². The molecule has 2 atom stereocenters. The van der Waals surface area contributed by atoms with Crippen LogP contribution in [0, 0.1) is 5.92 Å². The van der Waals surface area contributed by atoms with Gasteiger partial charge in [-0.15, -0.1) is 0 Å². The molecule has 2 heterocycles. The normalized spacial score (nSPS) is 25.5. The van der Waals surface area contributed by atoms with Crippen LogP contribution < -0.4 is 0 Å². The lowest BCUT2D eigenvalue weighted by molar-refractivity contribution is -0.152. The van der Waals surface area contributed by atoms with Gasteiger partial charge in [0.1, 0.15) is 5.92 Å². The molecule has 23 heavy (non-hydrogen) atoms. The highest BCUT2D eigenvalue weighted by Gasteiger charge is 2.39. The maximum atomic E-state index is 11.8. The zero-order chi connectivity index (χ0) is 16.1. The molecule has 1 fully saturated rings. The monoisotopic (exact) mass is 310 g/mol. The number of carbonyl (C=O) groups is 4. The summed E-state index contributed by atoms with van der Waals surface area (Å²) in [5.41, 5.74) is 1.54. The van der Waals surface area contributed by atoms with E-state index in [0.29, 0.717) is 12.0 Å². The van der Waals surface area contributed by atoms with E-state index < -0.39 is 29.8 Å². The van der Waals surface area contributed by atoms with Crippen molar-refractivity contribution in [3.05, 3.63) is 58.7 Å². The Hall–Kier alpha value is -3.02. The second-order valence-electron chi connectivity index (χ2n) is 5.56. The third kappa shape index (κ3) is 2.03. The van der Waals surface area contributed by atoms with Gasteiger partial charge in [0.05, 0.1) is 16.7 Å². The van der Waals surface area contributed by atoms with Crippen LogP contribution in [0.2, 0.25) is 0 Å². The lowest BCUT2D eigenvalue weighted by atomic mass is 9.91. The van der Waals surface area contributed by atoms with E-state index >= 15 is 0 Å². The lowest BCUT2D eigenvalue weighted by Gasteiger charge is -2.11. The molecule has 0 aromatic heterocycles. The molecule has 0 N–H and O–H groups in total.